The average Bonchev–Trinajstić information content (AvgIpc) is 3.14. The fourth-order valence-electron chi connectivity index (χ4n) is 3.52. The summed E-state index contributed by atoms with van der Waals surface area (Å²) in [5.41, 5.74) is 1.47. The van der Waals surface area contributed by atoms with Crippen LogP contribution < -0.4 is 24.4 Å². The number of hydrogen-bond acceptors (Lipinski definition) is 6. The number of amides is 2. The molecule has 0 aromatic heterocycles. The Kier molecular flexibility index (Phi) is 6.33. The lowest BCUT2D eigenvalue weighted by Crippen LogP contribution is -2.29. The largest absolute Gasteiger partial charge is 0.495 e. The van der Waals surface area contributed by atoms with Crippen LogP contribution in [-0.2, 0) is 9.59 Å². The highest BCUT2D eigenvalue weighted by Crippen LogP contribution is 2.36. The number of benzene rings is 2. The van der Waals surface area contributed by atoms with Crippen molar-refractivity contribution >= 4 is 29.2 Å². The molecule has 164 valence electrons. The van der Waals surface area contributed by atoms with E-state index in [0.717, 1.165) is 5.56 Å². The van der Waals surface area contributed by atoms with Crippen molar-refractivity contribution in [3.05, 3.63) is 41.5 Å². The van der Waals surface area contributed by atoms with Crippen LogP contribution in [-0.4, -0.2) is 50.8 Å². The van der Waals surface area contributed by atoms with Crippen molar-refractivity contribution in [3.63, 3.8) is 0 Å². The molecular formula is C22H24N2O7. The van der Waals surface area contributed by atoms with E-state index in [4.69, 9.17) is 14.2 Å². The van der Waals surface area contributed by atoms with Crippen molar-refractivity contribution in [3.8, 4) is 17.2 Å². The quantitative estimate of drug-likeness (QED) is 0.697. The number of hydrogen-bond donors (Lipinski definition) is 2. The molecule has 9 nitrogen and oxygen atoms in total. The molecule has 2 N–H and O–H groups in total. The number of nitrogens with one attached hydrogen (secondary N) is 1. The topological polar surface area (TPSA) is 114 Å². The normalized spacial score (nSPS) is 15.5. The van der Waals surface area contributed by atoms with Gasteiger partial charge < -0.3 is 29.5 Å². The fraction of sp³-hybridized carbons (Fsp3) is 0.318. The number of carboxylic acid groups (broad SMARTS) is 1. The molecule has 31 heavy (non-hydrogen) atoms. The number of methoxy groups -OCH3 is 3. The molecule has 1 aliphatic heterocycles. The summed E-state index contributed by atoms with van der Waals surface area (Å²) in [4.78, 5) is 38.7. The third-order valence-corrected chi connectivity index (χ3v) is 5.13. The van der Waals surface area contributed by atoms with Gasteiger partial charge in [0.25, 0.3) is 0 Å². The summed E-state index contributed by atoms with van der Waals surface area (Å²) in [7, 11) is 4.32. The van der Waals surface area contributed by atoms with Crippen LogP contribution in [0.1, 0.15) is 22.3 Å². The number of rotatable bonds is 7. The first kappa shape index (κ1) is 21.9. The van der Waals surface area contributed by atoms with Crippen LogP contribution in [0.4, 0.5) is 11.4 Å². The van der Waals surface area contributed by atoms with E-state index in [0.29, 0.717) is 11.4 Å². The number of carbonyl (C=O) groups excluding carboxylic acids is 2. The Morgan fingerprint density at radius 1 is 1.03 bits per heavy atom. The zero-order valence-electron chi connectivity index (χ0n) is 17.7. The lowest BCUT2D eigenvalue weighted by molar-refractivity contribution is -0.122. The lowest BCUT2D eigenvalue weighted by Gasteiger charge is -2.20. The molecule has 1 fully saturated rings. The summed E-state index contributed by atoms with van der Waals surface area (Å²) in [6, 6.07) is 8.14. The van der Waals surface area contributed by atoms with Gasteiger partial charge >= 0.3 is 5.97 Å². The van der Waals surface area contributed by atoms with Gasteiger partial charge in [0.05, 0.1) is 44.2 Å². The minimum Gasteiger partial charge on any atom is -0.495 e. The van der Waals surface area contributed by atoms with Gasteiger partial charge in [0, 0.05) is 25.1 Å². The highest BCUT2D eigenvalue weighted by Gasteiger charge is 2.37. The second-order valence-corrected chi connectivity index (χ2v) is 7.13. The van der Waals surface area contributed by atoms with Crippen LogP contribution in [0.2, 0.25) is 0 Å². The van der Waals surface area contributed by atoms with E-state index < -0.39 is 17.8 Å². The summed E-state index contributed by atoms with van der Waals surface area (Å²) < 4.78 is 15.7. The van der Waals surface area contributed by atoms with Crippen LogP contribution in [0.25, 0.3) is 0 Å². The van der Waals surface area contributed by atoms with Gasteiger partial charge in [0.1, 0.15) is 5.75 Å². The molecule has 2 aromatic rings. The highest BCUT2D eigenvalue weighted by atomic mass is 16.5. The Morgan fingerprint density at radius 2 is 1.68 bits per heavy atom. The second-order valence-electron chi connectivity index (χ2n) is 7.13. The van der Waals surface area contributed by atoms with Gasteiger partial charge in [0.15, 0.2) is 11.5 Å². The standard InChI is InChI=1S/C22H24N2O7/c1-12-5-6-17(29-2)16(7-12)24-11-13(8-20(24)25)21(26)23-15-10-19(31-4)18(30-3)9-14(15)22(27)28/h5-7,9-10,13H,8,11H2,1-4H3,(H,23,26)(H,27,28). The number of anilines is 2. The van der Waals surface area contributed by atoms with Crippen LogP contribution in [0.3, 0.4) is 0 Å². The van der Waals surface area contributed by atoms with Crippen molar-refractivity contribution in [2.45, 2.75) is 13.3 Å². The SMILES string of the molecule is COc1cc(NC(=O)C2CC(=O)N(c3cc(C)ccc3OC)C2)c(C(=O)O)cc1OC. The van der Waals surface area contributed by atoms with Gasteiger partial charge in [-0.2, -0.15) is 0 Å². The molecule has 0 radical (unpaired) electrons. The number of nitrogens with zero attached hydrogens (tertiary/aromatic N) is 1. The van der Waals surface area contributed by atoms with Gasteiger partial charge in [-0.15, -0.1) is 0 Å². The number of ether oxygens (including phenoxy) is 3. The molecule has 9 heteroatoms. The molecule has 0 saturated carbocycles. The monoisotopic (exact) mass is 428 g/mol. The molecule has 1 atom stereocenters. The van der Waals surface area contributed by atoms with E-state index in [1.54, 1.807) is 6.07 Å². The number of aromatic carboxylic acids is 1. The van der Waals surface area contributed by atoms with E-state index in [1.807, 2.05) is 19.1 Å². The Balaban J connectivity index is 1.85. The molecule has 2 amide bonds. The van der Waals surface area contributed by atoms with E-state index in [-0.39, 0.29) is 41.6 Å². The van der Waals surface area contributed by atoms with Crippen molar-refractivity contribution in [2.75, 3.05) is 38.1 Å². The third-order valence-electron chi connectivity index (χ3n) is 5.13. The smallest absolute Gasteiger partial charge is 0.337 e. The fourth-order valence-corrected chi connectivity index (χ4v) is 3.52. The lowest BCUT2D eigenvalue weighted by atomic mass is 10.1. The molecule has 3 rings (SSSR count). The Morgan fingerprint density at radius 3 is 2.29 bits per heavy atom. The maximum atomic E-state index is 12.9. The highest BCUT2D eigenvalue weighted by molar-refractivity contribution is 6.06. The zero-order chi connectivity index (χ0) is 22.7. The Hall–Kier alpha value is -3.75. The first-order valence-electron chi connectivity index (χ1n) is 9.54. The summed E-state index contributed by atoms with van der Waals surface area (Å²) in [6.45, 7) is 2.05. The molecule has 1 aliphatic rings. The van der Waals surface area contributed by atoms with Crippen molar-refractivity contribution in [1.29, 1.82) is 0 Å². The van der Waals surface area contributed by atoms with Gasteiger partial charge in [0.2, 0.25) is 11.8 Å². The van der Waals surface area contributed by atoms with Gasteiger partial charge in [-0.3, -0.25) is 9.59 Å². The third kappa shape index (κ3) is 4.40. The van der Waals surface area contributed by atoms with Crippen LogP contribution in [0, 0.1) is 12.8 Å². The maximum absolute atomic E-state index is 12.9. The summed E-state index contributed by atoms with van der Waals surface area (Å²) in [5.74, 6) is -1.53. The minimum atomic E-state index is -1.23. The first-order chi connectivity index (χ1) is 14.8. The molecule has 1 unspecified atom stereocenters. The molecule has 0 bridgehead atoms. The van der Waals surface area contributed by atoms with Gasteiger partial charge in [-0.05, 0) is 24.6 Å². The van der Waals surface area contributed by atoms with E-state index in [9.17, 15) is 19.5 Å². The summed E-state index contributed by atoms with van der Waals surface area (Å²) in [6.07, 6.45) is -0.00137. The summed E-state index contributed by atoms with van der Waals surface area (Å²) in [5, 5.41) is 12.1. The number of carbonyl (C=O) groups is 3. The van der Waals surface area contributed by atoms with Gasteiger partial charge in [-0.25, -0.2) is 4.79 Å². The molecule has 2 aromatic carbocycles. The van der Waals surface area contributed by atoms with Gasteiger partial charge in [-0.1, -0.05) is 6.07 Å². The molecular weight excluding hydrogens is 404 g/mol. The van der Waals surface area contributed by atoms with Crippen LogP contribution in [0.5, 0.6) is 17.2 Å². The van der Waals surface area contributed by atoms with Crippen LogP contribution >= 0.6 is 0 Å². The van der Waals surface area contributed by atoms with Crippen molar-refractivity contribution in [1.82, 2.24) is 0 Å². The predicted molar refractivity (Wildman–Crippen MR) is 113 cm³/mol. The summed E-state index contributed by atoms with van der Waals surface area (Å²) >= 11 is 0. The molecule has 0 spiro atoms. The molecule has 0 aliphatic carbocycles. The van der Waals surface area contributed by atoms with Crippen molar-refractivity contribution < 1.29 is 33.7 Å². The van der Waals surface area contributed by atoms with E-state index in [2.05, 4.69) is 5.32 Å². The Bertz CT molecular complexity index is 1030. The van der Waals surface area contributed by atoms with E-state index in [1.165, 1.54) is 38.4 Å². The van der Waals surface area contributed by atoms with Crippen LogP contribution in [0.15, 0.2) is 30.3 Å². The minimum absolute atomic E-state index is 0.00137. The Labute approximate surface area is 179 Å². The average molecular weight is 428 g/mol. The first-order valence-corrected chi connectivity index (χ1v) is 9.54. The zero-order valence-corrected chi connectivity index (χ0v) is 17.7. The second kappa shape index (κ2) is 8.95. The molecule has 1 saturated heterocycles. The predicted octanol–water partition coefficient (Wildman–Crippen LogP) is 2.71. The maximum Gasteiger partial charge on any atom is 0.337 e. The molecule has 1 heterocycles. The number of carboxylic acids is 1. The van der Waals surface area contributed by atoms with Crippen molar-refractivity contribution in [2.24, 2.45) is 5.92 Å². The van der Waals surface area contributed by atoms with E-state index >= 15 is 0 Å². The number of aryl methyl sites for hydroxylation is 1.